The van der Waals surface area contributed by atoms with Gasteiger partial charge in [0.25, 0.3) is 0 Å². The van der Waals surface area contributed by atoms with Gasteiger partial charge in [0.1, 0.15) is 5.15 Å². The molecule has 0 aromatic carbocycles. The third kappa shape index (κ3) is 1.82. The van der Waals surface area contributed by atoms with Crippen molar-refractivity contribution >= 4 is 23.2 Å². The van der Waals surface area contributed by atoms with Gasteiger partial charge in [-0.1, -0.05) is 11.6 Å². The number of aromatic carboxylic acids is 1. The molecule has 0 unspecified atom stereocenters. The van der Waals surface area contributed by atoms with Crippen LogP contribution in [-0.2, 0) is 6.18 Å². The molecule has 0 amide bonds. The van der Waals surface area contributed by atoms with Crippen LogP contribution in [0.2, 0.25) is 5.15 Å². The maximum atomic E-state index is 12.6. The first-order chi connectivity index (χ1) is 7.82. The molecule has 0 saturated heterocycles. The van der Waals surface area contributed by atoms with Crippen LogP contribution in [0, 0.1) is 0 Å². The molecule has 0 aliphatic carbocycles. The van der Waals surface area contributed by atoms with Gasteiger partial charge in [-0.2, -0.15) is 13.2 Å². The van der Waals surface area contributed by atoms with Crippen LogP contribution in [0.15, 0.2) is 18.3 Å². The molecule has 0 spiro atoms. The number of aromatic nitrogens is 2. The number of carboxylic acids is 1. The summed E-state index contributed by atoms with van der Waals surface area (Å²) in [6.07, 6.45) is -3.40. The molecule has 0 aliphatic heterocycles. The number of nitrogens with zero attached hydrogens (tertiary/aromatic N) is 2. The van der Waals surface area contributed by atoms with Crippen molar-refractivity contribution in [1.82, 2.24) is 9.38 Å². The summed E-state index contributed by atoms with van der Waals surface area (Å²) in [5, 5.41) is 8.36. The lowest BCUT2D eigenvalue weighted by atomic mass is 10.2. The number of fused-ring (bicyclic) bond motifs is 1. The van der Waals surface area contributed by atoms with Crippen molar-refractivity contribution in [3.8, 4) is 0 Å². The maximum absolute atomic E-state index is 12.6. The zero-order valence-corrected chi connectivity index (χ0v) is 8.75. The molecule has 0 atom stereocenters. The maximum Gasteiger partial charge on any atom is 0.419 e. The summed E-state index contributed by atoms with van der Waals surface area (Å²) in [6, 6.07) is 1.93. The van der Waals surface area contributed by atoms with E-state index in [0.717, 1.165) is 16.5 Å². The monoisotopic (exact) mass is 264 g/mol. The molecule has 1 N–H and O–H groups in total. The van der Waals surface area contributed by atoms with Crippen molar-refractivity contribution in [1.29, 1.82) is 0 Å². The predicted octanol–water partition coefficient (Wildman–Crippen LogP) is 2.70. The molecule has 0 bridgehead atoms. The van der Waals surface area contributed by atoms with Crippen LogP contribution in [-0.4, -0.2) is 20.5 Å². The number of carboxylic acid groups (broad SMARTS) is 1. The summed E-state index contributed by atoms with van der Waals surface area (Å²) in [6.45, 7) is 0. The Balaban J connectivity index is 2.83. The minimum absolute atomic E-state index is 0.362. The Morgan fingerprint density at radius 3 is 2.65 bits per heavy atom. The highest BCUT2D eigenvalue weighted by molar-refractivity contribution is 6.32. The van der Waals surface area contributed by atoms with E-state index in [-0.39, 0.29) is 5.15 Å². The van der Waals surface area contributed by atoms with Crippen molar-refractivity contribution in [2.75, 3.05) is 0 Å². The van der Waals surface area contributed by atoms with Crippen LogP contribution in [0.1, 0.15) is 16.1 Å². The average molecular weight is 265 g/mol. The van der Waals surface area contributed by atoms with Gasteiger partial charge in [0.2, 0.25) is 0 Å². The molecule has 90 valence electrons. The molecule has 2 rings (SSSR count). The summed E-state index contributed by atoms with van der Waals surface area (Å²) in [7, 11) is 0. The van der Waals surface area contributed by atoms with Gasteiger partial charge in [0.05, 0.1) is 5.56 Å². The number of carbonyl (C=O) groups is 1. The molecule has 0 saturated carbocycles. The Labute approximate surface area is 97.3 Å². The standard InChI is InChI=1S/C9H4ClF3N2O2/c10-6-5(8(16)17)14-7-4(9(11,12)13)2-1-3-15(6)7/h1-3H,(H,16,17). The first kappa shape index (κ1) is 11.7. The average Bonchev–Trinajstić information content (AvgIpc) is 2.55. The fraction of sp³-hybridized carbons (Fsp3) is 0.111. The van der Waals surface area contributed by atoms with Gasteiger partial charge in [-0.25, -0.2) is 9.78 Å². The second-order valence-corrected chi connectivity index (χ2v) is 3.53. The van der Waals surface area contributed by atoms with Crippen molar-refractivity contribution in [2.45, 2.75) is 6.18 Å². The van der Waals surface area contributed by atoms with Crippen LogP contribution in [0.4, 0.5) is 13.2 Å². The number of pyridine rings is 1. The van der Waals surface area contributed by atoms with Crippen molar-refractivity contribution < 1.29 is 23.1 Å². The Hall–Kier alpha value is -1.76. The Kier molecular flexibility index (Phi) is 2.50. The van der Waals surface area contributed by atoms with E-state index in [1.54, 1.807) is 0 Å². The first-order valence-corrected chi connectivity index (χ1v) is 4.67. The zero-order valence-electron chi connectivity index (χ0n) is 7.99. The minimum atomic E-state index is -4.62. The van der Waals surface area contributed by atoms with E-state index in [9.17, 15) is 18.0 Å². The third-order valence-electron chi connectivity index (χ3n) is 2.10. The van der Waals surface area contributed by atoms with E-state index in [0.29, 0.717) is 0 Å². The van der Waals surface area contributed by atoms with Gasteiger partial charge in [-0.3, -0.25) is 4.40 Å². The van der Waals surface area contributed by atoms with Gasteiger partial charge >= 0.3 is 12.1 Å². The fourth-order valence-electron chi connectivity index (χ4n) is 1.40. The first-order valence-electron chi connectivity index (χ1n) is 4.29. The van der Waals surface area contributed by atoms with E-state index in [1.165, 1.54) is 6.20 Å². The van der Waals surface area contributed by atoms with Crippen LogP contribution in [0.3, 0.4) is 0 Å². The number of hydrogen-bond donors (Lipinski definition) is 1. The van der Waals surface area contributed by atoms with Crippen LogP contribution in [0.25, 0.3) is 5.65 Å². The third-order valence-corrected chi connectivity index (χ3v) is 2.46. The van der Waals surface area contributed by atoms with E-state index < -0.39 is 29.1 Å². The van der Waals surface area contributed by atoms with Gasteiger partial charge < -0.3 is 5.11 Å². The highest BCUT2D eigenvalue weighted by Gasteiger charge is 2.35. The quantitative estimate of drug-likeness (QED) is 0.861. The van der Waals surface area contributed by atoms with Gasteiger partial charge in [0, 0.05) is 6.20 Å². The molecule has 2 aromatic heterocycles. The lowest BCUT2D eigenvalue weighted by Crippen LogP contribution is -2.07. The highest BCUT2D eigenvalue weighted by Crippen LogP contribution is 2.33. The zero-order chi connectivity index (χ0) is 12.8. The Bertz CT molecular complexity index is 606. The van der Waals surface area contributed by atoms with E-state index >= 15 is 0 Å². The molecule has 2 aromatic rings. The molecule has 0 radical (unpaired) electrons. The second kappa shape index (κ2) is 3.63. The largest absolute Gasteiger partial charge is 0.476 e. The molecule has 0 aliphatic rings. The van der Waals surface area contributed by atoms with Crippen LogP contribution >= 0.6 is 11.6 Å². The summed E-state index contributed by atoms with van der Waals surface area (Å²) < 4.78 is 38.7. The summed E-state index contributed by atoms with van der Waals surface area (Å²) in [4.78, 5) is 14.1. The molecule has 2 heterocycles. The number of rotatable bonds is 1. The number of imidazole rings is 1. The van der Waals surface area contributed by atoms with Gasteiger partial charge in [-0.05, 0) is 12.1 Å². The van der Waals surface area contributed by atoms with Crippen molar-refractivity contribution in [2.24, 2.45) is 0 Å². The predicted molar refractivity (Wildman–Crippen MR) is 52.2 cm³/mol. The number of hydrogen-bond acceptors (Lipinski definition) is 2. The lowest BCUT2D eigenvalue weighted by Gasteiger charge is -2.07. The molecule has 8 heteroatoms. The molecule has 4 nitrogen and oxygen atoms in total. The topological polar surface area (TPSA) is 54.6 Å². The number of halogens is 4. The Morgan fingerprint density at radius 2 is 2.12 bits per heavy atom. The van der Waals surface area contributed by atoms with E-state index in [2.05, 4.69) is 4.98 Å². The van der Waals surface area contributed by atoms with Crippen molar-refractivity contribution in [3.63, 3.8) is 0 Å². The summed E-state index contributed by atoms with van der Waals surface area (Å²) in [5.41, 5.74) is -2.17. The number of alkyl halides is 3. The molecule has 17 heavy (non-hydrogen) atoms. The molecule has 0 fully saturated rings. The minimum Gasteiger partial charge on any atom is -0.476 e. The summed E-state index contributed by atoms with van der Waals surface area (Å²) in [5.74, 6) is -1.48. The van der Waals surface area contributed by atoms with Crippen LogP contribution in [0.5, 0.6) is 0 Å². The Morgan fingerprint density at radius 1 is 1.47 bits per heavy atom. The highest BCUT2D eigenvalue weighted by atomic mass is 35.5. The van der Waals surface area contributed by atoms with Crippen LogP contribution < -0.4 is 0 Å². The lowest BCUT2D eigenvalue weighted by molar-refractivity contribution is -0.136. The molecular weight excluding hydrogens is 261 g/mol. The van der Waals surface area contributed by atoms with Crippen molar-refractivity contribution in [3.05, 3.63) is 34.7 Å². The fourth-order valence-corrected chi connectivity index (χ4v) is 1.66. The van der Waals surface area contributed by atoms with E-state index in [1.807, 2.05) is 0 Å². The smallest absolute Gasteiger partial charge is 0.419 e. The van der Waals surface area contributed by atoms with Gasteiger partial charge in [0.15, 0.2) is 11.3 Å². The SMILES string of the molecule is O=C(O)c1nc2c(C(F)(F)F)cccn2c1Cl. The molecular formula is C9H4ClF3N2O2. The summed E-state index contributed by atoms with van der Waals surface area (Å²) >= 11 is 5.63. The normalized spacial score (nSPS) is 12.0. The van der Waals surface area contributed by atoms with E-state index in [4.69, 9.17) is 16.7 Å². The van der Waals surface area contributed by atoms with Gasteiger partial charge in [-0.15, -0.1) is 0 Å². The second-order valence-electron chi connectivity index (χ2n) is 3.17.